The third-order valence-electron chi connectivity index (χ3n) is 2.95. The number of hydrogen-bond donors (Lipinski definition) is 0. The quantitative estimate of drug-likeness (QED) is 0.699. The number of nitrogens with zero attached hydrogens (tertiary/aromatic N) is 5. The van der Waals surface area contributed by atoms with Crippen molar-refractivity contribution in [2.45, 2.75) is 4.90 Å². The Morgan fingerprint density at radius 1 is 1.00 bits per heavy atom. The van der Waals surface area contributed by atoms with Crippen molar-refractivity contribution in [3.63, 3.8) is 0 Å². The summed E-state index contributed by atoms with van der Waals surface area (Å²) in [6.07, 6.45) is 4.07. The van der Waals surface area contributed by atoms with E-state index in [1.54, 1.807) is 36.5 Å². The van der Waals surface area contributed by atoms with Crippen molar-refractivity contribution in [2.75, 3.05) is 0 Å². The van der Waals surface area contributed by atoms with Gasteiger partial charge in [0.05, 0.1) is 22.2 Å². The Labute approximate surface area is 131 Å². The summed E-state index contributed by atoms with van der Waals surface area (Å²) in [5.74, 6) is 0. The number of sulfone groups is 1. The summed E-state index contributed by atoms with van der Waals surface area (Å²) in [5, 5.41) is 8.23. The smallest absolute Gasteiger partial charge is 0.262 e. The van der Waals surface area contributed by atoms with Crippen LogP contribution in [0.2, 0.25) is 0 Å². The zero-order valence-corrected chi connectivity index (χ0v) is 12.5. The van der Waals surface area contributed by atoms with E-state index in [1.807, 2.05) is 0 Å². The first kappa shape index (κ1) is 14.9. The van der Waals surface area contributed by atoms with Gasteiger partial charge in [-0.05, 0) is 34.7 Å². The van der Waals surface area contributed by atoms with Crippen LogP contribution in [0.3, 0.4) is 0 Å². The molecule has 8 nitrogen and oxygen atoms in total. The Hall–Kier alpha value is -3.07. The molecule has 0 saturated carbocycles. The Balaban J connectivity index is 1.93. The van der Waals surface area contributed by atoms with E-state index in [9.17, 15) is 13.2 Å². The van der Waals surface area contributed by atoms with Crippen LogP contribution in [-0.4, -0.2) is 33.2 Å². The minimum absolute atomic E-state index is 0.129. The number of hydrogen-bond acceptors (Lipinski definition) is 6. The molecule has 0 fully saturated rings. The van der Waals surface area contributed by atoms with Crippen LogP contribution < -0.4 is 5.69 Å². The summed E-state index contributed by atoms with van der Waals surface area (Å²) in [6.45, 7) is 0. The topological polar surface area (TPSA) is 99.7 Å². The van der Waals surface area contributed by atoms with E-state index in [0.717, 1.165) is 21.0 Å². The molecule has 3 rings (SSSR count). The Morgan fingerprint density at radius 2 is 1.78 bits per heavy atom. The van der Waals surface area contributed by atoms with Gasteiger partial charge in [-0.15, -0.1) is 0 Å². The van der Waals surface area contributed by atoms with E-state index in [1.165, 1.54) is 18.3 Å². The lowest BCUT2D eigenvalue weighted by molar-refractivity contribution is 0.604. The summed E-state index contributed by atoms with van der Waals surface area (Å²) in [5.41, 5.74) is -0.166. The second kappa shape index (κ2) is 5.97. The molecule has 9 heteroatoms. The van der Waals surface area contributed by atoms with Crippen molar-refractivity contribution < 1.29 is 8.42 Å². The van der Waals surface area contributed by atoms with Crippen LogP contribution in [0.4, 0.5) is 0 Å². The third kappa shape index (κ3) is 3.09. The van der Waals surface area contributed by atoms with Crippen molar-refractivity contribution in [3.8, 4) is 5.69 Å². The lowest BCUT2D eigenvalue weighted by Gasteiger charge is -1.97. The lowest BCUT2D eigenvalue weighted by atomic mass is 10.4. The fourth-order valence-corrected chi connectivity index (χ4v) is 2.79. The second-order valence-electron chi connectivity index (χ2n) is 4.47. The Morgan fingerprint density at radius 3 is 2.48 bits per heavy atom. The molecule has 3 aromatic rings. The van der Waals surface area contributed by atoms with E-state index in [4.69, 9.17) is 0 Å². The van der Waals surface area contributed by atoms with Crippen molar-refractivity contribution in [1.82, 2.24) is 24.8 Å². The van der Waals surface area contributed by atoms with Gasteiger partial charge in [0.15, 0.2) is 0 Å². The first-order chi connectivity index (χ1) is 11.1. The van der Waals surface area contributed by atoms with E-state index in [0.29, 0.717) is 5.69 Å². The fourth-order valence-electron chi connectivity index (χ4n) is 1.82. The number of rotatable bonds is 4. The zero-order valence-electron chi connectivity index (χ0n) is 11.7. The van der Waals surface area contributed by atoms with Crippen molar-refractivity contribution >= 4 is 16.0 Å². The maximum Gasteiger partial charge on any atom is 0.372 e. The van der Waals surface area contributed by atoms with E-state index < -0.39 is 15.5 Å². The van der Waals surface area contributed by atoms with Crippen molar-refractivity contribution in [3.05, 3.63) is 70.8 Å². The summed E-state index contributed by atoms with van der Waals surface area (Å²) >= 11 is 0. The van der Waals surface area contributed by atoms with E-state index in [2.05, 4.69) is 15.4 Å². The van der Waals surface area contributed by atoms with Crippen molar-refractivity contribution in [2.24, 2.45) is 0 Å². The minimum atomic E-state index is -3.66. The molecule has 1 aromatic carbocycles. The molecular formula is C14H11N5O3S. The van der Waals surface area contributed by atoms with Gasteiger partial charge in [-0.1, -0.05) is 18.2 Å². The van der Waals surface area contributed by atoms with Crippen LogP contribution in [0.15, 0.2) is 70.0 Å². The highest BCUT2D eigenvalue weighted by Crippen LogP contribution is 2.11. The van der Waals surface area contributed by atoms with Crippen LogP contribution in [0.25, 0.3) is 11.9 Å². The highest BCUT2D eigenvalue weighted by Gasteiger charge is 2.11. The Kier molecular flexibility index (Phi) is 3.85. The molecule has 23 heavy (non-hydrogen) atoms. The van der Waals surface area contributed by atoms with Gasteiger partial charge in [-0.25, -0.2) is 13.2 Å². The molecule has 116 valence electrons. The number of pyridine rings is 1. The van der Waals surface area contributed by atoms with Crippen LogP contribution in [0, 0.1) is 0 Å². The predicted molar refractivity (Wildman–Crippen MR) is 82.4 cm³/mol. The second-order valence-corrected chi connectivity index (χ2v) is 6.31. The molecular weight excluding hydrogens is 318 g/mol. The standard InChI is InChI=1S/C14H11N5O3S/c20-14-18(16-17-19(14)12-5-4-8-15-11-12)9-10-23(21,22)13-6-2-1-3-7-13/h1-11H/b10-9+. The van der Waals surface area contributed by atoms with Gasteiger partial charge in [-0.3, -0.25) is 4.98 Å². The van der Waals surface area contributed by atoms with Gasteiger partial charge < -0.3 is 0 Å². The lowest BCUT2D eigenvalue weighted by Crippen LogP contribution is -2.21. The largest absolute Gasteiger partial charge is 0.372 e. The monoisotopic (exact) mass is 329 g/mol. The number of benzene rings is 1. The van der Waals surface area contributed by atoms with Gasteiger partial charge in [0.2, 0.25) is 9.84 Å². The van der Waals surface area contributed by atoms with E-state index >= 15 is 0 Å². The molecule has 0 N–H and O–H groups in total. The van der Waals surface area contributed by atoms with Crippen LogP contribution in [0.1, 0.15) is 0 Å². The van der Waals surface area contributed by atoms with E-state index in [-0.39, 0.29) is 4.90 Å². The molecule has 2 aromatic heterocycles. The van der Waals surface area contributed by atoms with Crippen LogP contribution >= 0.6 is 0 Å². The summed E-state index contributed by atoms with van der Waals surface area (Å²) in [7, 11) is -3.66. The third-order valence-corrected chi connectivity index (χ3v) is 4.36. The number of tetrazole rings is 1. The summed E-state index contributed by atoms with van der Waals surface area (Å²) in [4.78, 5) is 16.2. The zero-order chi connectivity index (χ0) is 16.3. The molecule has 0 saturated heterocycles. The van der Waals surface area contributed by atoms with Gasteiger partial charge in [0.1, 0.15) is 0 Å². The highest BCUT2D eigenvalue weighted by molar-refractivity contribution is 7.94. The molecule has 0 atom stereocenters. The van der Waals surface area contributed by atoms with Crippen LogP contribution in [-0.2, 0) is 9.84 Å². The first-order valence-corrected chi connectivity index (χ1v) is 8.06. The van der Waals surface area contributed by atoms with Gasteiger partial charge in [-0.2, -0.15) is 9.36 Å². The molecule has 0 aliphatic heterocycles. The molecule has 2 heterocycles. The number of aromatic nitrogens is 5. The SMILES string of the molecule is O=c1n(/C=C/S(=O)(=O)c2ccccc2)nnn1-c1cccnc1. The van der Waals surface area contributed by atoms with Crippen LogP contribution in [0.5, 0.6) is 0 Å². The molecule has 0 amide bonds. The first-order valence-electron chi connectivity index (χ1n) is 6.51. The average Bonchev–Trinajstić information content (AvgIpc) is 2.95. The predicted octanol–water partition coefficient (Wildman–Crippen LogP) is 0.726. The maximum atomic E-state index is 12.1. The molecule has 0 aliphatic carbocycles. The fraction of sp³-hybridized carbons (Fsp3) is 0. The van der Waals surface area contributed by atoms with Gasteiger partial charge in [0.25, 0.3) is 0 Å². The van der Waals surface area contributed by atoms with Gasteiger partial charge >= 0.3 is 5.69 Å². The highest BCUT2D eigenvalue weighted by atomic mass is 32.2. The average molecular weight is 329 g/mol. The summed E-state index contributed by atoms with van der Waals surface area (Å²) < 4.78 is 26.1. The molecule has 0 aliphatic rings. The molecule has 0 unspecified atom stereocenters. The maximum absolute atomic E-state index is 12.1. The Bertz CT molecular complexity index is 992. The molecule has 0 radical (unpaired) electrons. The van der Waals surface area contributed by atoms with Gasteiger partial charge in [0, 0.05) is 12.4 Å². The normalized spacial score (nSPS) is 11.8. The summed E-state index contributed by atoms with van der Waals surface area (Å²) in [6, 6.07) is 11.2. The minimum Gasteiger partial charge on any atom is -0.262 e. The van der Waals surface area contributed by atoms with Crippen molar-refractivity contribution in [1.29, 1.82) is 0 Å². The molecule has 0 spiro atoms. The molecule has 0 bridgehead atoms.